The van der Waals surface area contributed by atoms with E-state index >= 15 is 0 Å². The molecule has 0 radical (unpaired) electrons. The number of aliphatic hydroxyl groups is 1. The monoisotopic (exact) mass is 611 g/mol. The molecule has 14 nitrogen and oxygen atoms in total. The van der Waals surface area contributed by atoms with Gasteiger partial charge in [-0.1, -0.05) is 6.07 Å². The van der Waals surface area contributed by atoms with Crippen molar-refractivity contribution in [1.82, 2.24) is 19.3 Å². The second-order valence-electron chi connectivity index (χ2n) is 10.2. The van der Waals surface area contributed by atoms with Crippen molar-refractivity contribution in [2.45, 2.75) is 46.9 Å². The number of amides is 1. The summed E-state index contributed by atoms with van der Waals surface area (Å²) < 4.78 is 71.0. The third-order valence-corrected chi connectivity index (χ3v) is 10.6. The quantitative estimate of drug-likeness (QED) is 0.276. The first-order valence-corrected chi connectivity index (χ1v) is 16.1. The first kappa shape index (κ1) is 29.6. The molecule has 1 aromatic carbocycles. The zero-order chi connectivity index (χ0) is 29.3. The largest absolute Gasteiger partial charge is 0.491 e. The number of piperidine rings is 1. The van der Waals surface area contributed by atoms with Crippen molar-refractivity contribution in [1.29, 1.82) is 0 Å². The van der Waals surface area contributed by atoms with E-state index in [-0.39, 0.29) is 60.6 Å². The molecule has 16 heteroatoms. The van der Waals surface area contributed by atoms with Crippen molar-refractivity contribution in [3.8, 4) is 11.6 Å². The summed E-state index contributed by atoms with van der Waals surface area (Å²) in [7, 11) is -6.13. The molecule has 4 N–H and O–H groups in total. The smallest absolute Gasteiger partial charge is 0.262 e. The normalized spacial score (nSPS) is 21.6. The van der Waals surface area contributed by atoms with E-state index in [1.807, 2.05) is 0 Å². The highest BCUT2D eigenvalue weighted by atomic mass is 32.2. The van der Waals surface area contributed by atoms with Gasteiger partial charge in [0, 0.05) is 31.7 Å². The summed E-state index contributed by atoms with van der Waals surface area (Å²) in [5.41, 5.74) is -0.123. The minimum absolute atomic E-state index is 0.0217. The predicted octanol–water partition coefficient (Wildman–Crippen LogP) is -0.338. The van der Waals surface area contributed by atoms with Crippen LogP contribution in [0.25, 0.3) is 0 Å². The number of ether oxygens (including phenoxy) is 3. The number of nitrogens with zero attached hydrogens (tertiary/aromatic N) is 2. The van der Waals surface area contributed by atoms with Crippen molar-refractivity contribution in [2.24, 2.45) is 0 Å². The predicted molar refractivity (Wildman–Crippen MR) is 146 cm³/mol. The van der Waals surface area contributed by atoms with Crippen LogP contribution in [0.15, 0.2) is 46.3 Å². The highest BCUT2D eigenvalue weighted by Crippen LogP contribution is 2.37. The SMILES string of the molecule is CNS(=O)(=O)c1cccc(OCC(O)CN[C@H]2COC3(CCN(S(=O)(=O)c4ccc5c(n4)OCC(=O)N5)CC3)C2)c1. The van der Waals surface area contributed by atoms with E-state index in [9.17, 15) is 26.7 Å². The molecule has 41 heavy (non-hydrogen) atoms. The van der Waals surface area contributed by atoms with Crippen molar-refractivity contribution in [2.75, 3.05) is 51.8 Å². The maximum atomic E-state index is 13.2. The highest BCUT2D eigenvalue weighted by Gasteiger charge is 2.45. The molecule has 0 bridgehead atoms. The van der Waals surface area contributed by atoms with Gasteiger partial charge in [-0.15, -0.1) is 0 Å². The fourth-order valence-corrected chi connectivity index (χ4v) is 7.22. The Bertz CT molecular complexity index is 1490. The number of anilines is 1. The number of benzene rings is 1. The second kappa shape index (κ2) is 11.8. The number of rotatable bonds is 10. The van der Waals surface area contributed by atoms with Gasteiger partial charge in [-0.05, 0) is 50.6 Å². The van der Waals surface area contributed by atoms with Crippen molar-refractivity contribution in [3.05, 3.63) is 36.4 Å². The number of sulfonamides is 2. The van der Waals surface area contributed by atoms with Crippen LogP contribution in [0.2, 0.25) is 0 Å². The summed E-state index contributed by atoms with van der Waals surface area (Å²) in [6.07, 6.45) is 0.853. The number of carbonyl (C=O) groups is 1. The van der Waals surface area contributed by atoms with Gasteiger partial charge in [0.1, 0.15) is 24.1 Å². The third-order valence-electron chi connectivity index (χ3n) is 7.36. The molecule has 3 aliphatic heterocycles. The molecule has 3 aliphatic rings. The Kier molecular flexibility index (Phi) is 8.52. The Labute approximate surface area is 238 Å². The van der Waals surface area contributed by atoms with E-state index in [2.05, 4.69) is 20.3 Å². The molecule has 2 saturated heterocycles. The summed E-state index contributed by atoms with van der Waals surface area (Å²) in [6.45, 7) is 0.957. The Hall–Kier alpha value is -2.86. The van der Waals surface area contributed by atoms with E-state index in [1.165, 1.54) is 35.6 Å². The Morgan fingerprint density at radius 1 is 1.22 bits per heavy atom. The van der Waals surface area contributed by atoms with Crippen LogP contribution in [0.1, 0.15) is 19.3 Å². The zero-order valence-corrected chi connectivity index (χ0v) is 24.0. The van der Waals surface area contributed by atoms with Crippen LogP contribution in [0.5, 0.6) is 11.6 Å². The summed E-state index contributed by atoms with van der Waals surface area (Å²) in [5.74, 6) is 0.0826. The van der Waals surface area contributed by atoms with E-state index in [0.717, 1.165) is 0 Å². The van der Waals surface area contributed by atoms with Crippen LogP contribution in [0.3, 0.4) is 0 Å². The number of hydrogen-bond acceptors (Lipinski definition) is 11. The number of aromatic nitrogens is 1. The molecule has 5 rings (SSSR count). The average Bonchev–Trinajstić information content (AvgIpc) is 3.37. The minimum Gasteiger partial charge on any atom is -0.491 e. The summed E-state index contributed by atoms with van der Waals surface area (Å²) in [5, 5.41) is 16.1. The van der Waals surface area contributed by atoms with Crippen LogP contribution < -0.4 is 24.8 Å². The Balaban J connectivity index is 1.08. The molecule has 1 unspecified atom stereocenters. The number of fused-ring (bicyclic) bond motifs is 1. The molecular formula is C25H33N5O9S2. The van der Waals surface area contributed by atoms with Gasteiger partial charge in [-0.2, -0.15) is 9.29 Å². The Morgan fingerprint density at radius 3 is 2.76 bits per heavy atom. The molecule has 1 amide bonds. The molecular weight excluding hydrogens is 578 g/mol. The number of pyridine rings is 1. The van der Waals surface area contributed by atoms with Gasteiger partial charge in [0.25, 0.3) is 15.9 Å². The standard InChI is InChI=1S/C25H33N5O9S2/c1-26-40(33,34)20-4-2-3-19(11-20)37-15-18(31)13-27-17-12-25(39-14-17)7-9-30(10-8-25)41(35,36)23-6-5-21-24(29-23)38-16-22(32)28-21/h2-6,11,17-18,26-27,31H,7-10,12-16H2,1H3,(H,28,32)/t17-,18?/m1/s1. The molecule has 1 aromatic heterocycles. The van der Waals surface area contributed by atoms with Crippen LogP contribution in [0, 0.1) is 0 Å². The molecule has 2 aromatic rings. The molecule has 2 atom stereocenters. The van der Waals surface area contributed by atoms with Crippen LogP contribution in [0.4, 0.5) is 5.69 Å². The summed E-state index contributed by atoms with van der Waals surface area (Å²) in [4.78, 5) is 15.6. The fraction of sp³-hybridized carbons (Fsp3) is 0.520. The lowest BCUT2D eigenvalue weighted by Crippen LogP contribution is -2.47. The van der Waals surface area contributed by atoms with Gasteiger partial charge >= 0.3 is 0 Å². The fourth-order valence-electron chi connectivity index (χ4n) is 5.09. The second-order valence-corrected chi connectivity index (χ2v) is 14.0. The molecule has 0 saturated carbocycles. The average molecular weight is 612 g/mol. The van der Waals surface area contributed by atoms with Crippen LogP contribution in [-0.4, -0.2) is 101 Å². The minimum atomic E-state index is -3.86. The van der Waals surface area contributed by atoms with Gasteiger partial charge in [0.15, 0.2) is 11.6 Å². The summed E-state index contributed by atoms with van der Waals surface area (Å²) >= 11 is 0. The van der Waals surface area contributed by atoms with E-state index in [4.69, 9.17) is 14.2 Å². The van der Waals surface area contributed by atoms with Gasteiger partial charge in [-0.3, -0.25) is 4.79 Å². The highest BCUT2D eigenvalue weighted by molar-refractivity contribution is 7.89. The lowest BCUT2D eigenvalue weighted by molar-refractivity contribution is -0.118. The van der Waals surface area contributed by atoms with Gasteiger partial charge in [-0.25, -0.2) is 21.6 Å². The maximum Gasteiger partial charge on any atom is 0.262 e. The van der Waals surface area contributed by atoms with Gasteiger partial charge in [0.2, 0.25) is 15.9 Å². The topological polar surface area (TPSA) is 185 Å². The lowest BCUT2D eigenvalue weighted by Gasteiger charge is -2.37. The summed E-state index contributed by atoms with van der Waals surface area (Å²) in [6, 6.07) is 8.83. The molecule has 0 aliphatic carbocycles. The van der Waals surface area contributed by atoms with E-state index < -0.39 is 31.8 Å². The van der Waals surface area contributed by atoms with Crippen LogP contribution in [-0.2, 0) is 29.6 Å². The molecule has 1 spiro atoms. The zero-order valence-electron chi connectivity index (χ0n) is 22.4. The first-order valence-electron chi connectivity index (χ1n) is 13.2. The van der Waals surface area contributed by atoms with Gasteiger partial charge < -0.3 is 30.0 Å². The van der Waals surface area contributed by atoms with Gasteiger partial charge in [0.05, 0.1) is 17.1 Å². The maximum absolute atomic E-state index is 13.2. The van der Waals surface area contributed by atoms with Crippen molar-refractivity contribution < 1.29 is 40.9 Å². The molecule has 224 valence electrons. The molecule has 4 heterocycles. The van der Waals surface area contributed by atoms with E-state index in [1.54, 1.807) is 12.1 Å². The third kappa shape index (κ3) is 6.63. The van der Waals surface area contributed by atoms with Crippen LogP contribution >= 0.6 is 0 Å². The van der Waals surface area contributed by atoms with E-state index in [0.29, 0.717) is 37.3 Å². The number of nitrogens with one attached hydrogen (secondary N) is 3. The Morgan fingerprint density at radius 2 is 2.00 bits per heavy atom. The number of hydrogen-bond donors (Lipinski definition) is 4. The number of carbonyl (C=O) groups excluding carboxylic acids is 1. The lowest BCUT2D eigenvalue weighted by atomic mass is 9.88. The molecule has 2 fully saturated rings. The number of aliphatic hydroxyl groups excluding tert-OH is 1. The van der Waals surface area contributed by atoms with Crippen molar-refractivity contribution in [3.63, 3.8) is 0 Å². The van der Waals surface area contributed by atoms with Crippen molar-refractivity contribution >= 4 is 31.6 Å². The first-order chi connectivity index (χ1) is 19.5.